The fraction of sp³-hybridized carbons (Fsp3) is 0.250. The van der Waals surface area contributed by atoms with E-state index < -0.39 is 0 Å². The number of fused-ring (bicyclic) bond motifs is 1. The SMILES string of the molecule is COc1ccc(C(=O)N2CCN(C(=O)c3cccc4ccccc34)CC2)c(OC)c1. The highest BCUT2D eigenvalue weighted by Gasteiger charge is 2.27. The van der Waals surface area contributed by atoms with E-state index in [0.717, 1.165) is 10.8 Å². The van der Waals surface area contributed by atoms with Gasteiger partial charge in [-0.3, -0.25) is 9.59 Å². The third kappa shape index (κ3) is 3.68. The lowest BCUT2D eigenvalue weighted by Gasteiger charge is -2.35. The average molecular weight is 404 g/mol. The lowest BCUT2D eigenvalue weighted by molar-refractivity contribution is 0.0534. The maximum atomic E-state index is 13.1. The van der Waals surface area contributed by atoms with E-state index in [2.05, 4.69) is 0 Å². The van der Waals surface area contributed by atoms with Crippen LogP contribution in [0.15, 0.2) is 60.7 Å². The monoisotopic (exact) mass is 404 g/mol. The van der Waals surface area contributed by atoms with Crippen LogP contribution in [0.1, 0.15) is 20.7 Å². The van der Waals surface area contributed by atoms with Gasteiger partial charge < -0.3 is 19.3 Å². The minimum absolute atomic E-state index is 0.000858. The van der Waals surface area contributed by atoms with Crippen LogP contribution in [0.4, 0.5) is 0 Å². The minimum atomic E-state index is -0.105. The fourth-order valence-corrected chi connectivity index (χ4v) is 3.84. The number of ether oxygens (including phenoxy) is 2. The highest BCUT2D eigenvalue weighted by molar-refractivity contribution is 6.07. The molecule has 3 aromatic rings. The number of hydrogen-bond acceptors (Lipinski definition) is 4. The second-order valence-corrected chi connectivity index (χ2v) is 7.18. The van der Waals surface area contributed by atoms with Gasteiger partial charge in [-0.2, -0.15) is 0 Å². The first kappa shape index (κ1) is 19.8. The van der Waals surface area contributed by atoms with Crippen LogP contribution < -0.4 is 9.47 Å². The molecule has 0 atom stereocenters. The lowest BCUT2D eigenvalue weighted by Crippen LogP contribution is -2.50. The van der Waals surface area contributed by atoms with Crippen LogP contribution in [0.5, 0.6) is 11.5 Å². The molecule has 154 valence electrons. The van der Waals surface area contributed by atoms with Gasteiger partial charge in [-0.1, -0.05) is 36.4 Å². The number of benzene rings is 3. The van der Waals surface area contributed by atoms with Crippen LogP contribution in [0.25, 0.3) is 10.8 Å². The molecule has 0 saturated carbocycles. The van der Waals surface area contributed by atoms with E-state index in [1.165, 1.54) is 7.11 Å². The van der Waals surface area contributed by atoms with E-state index in [4.69, 9.17) is 9.47 Å². The number of piperazine rings is 1. The zero-order valence-corrected chi connectivity index (χ0v) is 17.1. The summed E-state index contributed by atoms with van der Waals surface area (Å²) in [4.78, 5) is 29.7. The summed E-state index contributed by atoms with van der Waals surface area (Å²) in [6.45, 7) is 1.94. The van der Waals surface area contributed by atoms with Gasteiger partial charge in [-0.15, -0.1) is 0 Å². The van der Waals surface area contributed by atoms with Crippen LogP contribution in [0, 0.1) is 0 Å². The molecule has 2 amide bonds. The zero-order chi connectivity index (χ0) is 21.1. The van der Waals surface area contributed by atoms with E-state index in [1.54, 1.807) is 30.2 Å². The van der Waals surface area contributed by atoms with E-state index in [9.17, 15) is 9.59 Å². The molecule has 0 unspecified atom stereocenters. The Morgan fingerprint density at radius 1 is 0.733 bits per heavy atom. The highest BCUT2D eigenvalue weighted by atomic mass is 16.5. The van der Waals surface area contributed by atoms with Crippen molar-refractivity contribution < 1.29 is 19.1 Å². The van der Waals surface area contributed by atoms with Crippen molar-refractivity contribution in [3.05, 3.63) is 71.8 Å². The molecule has 0 N–H and O–H groups in total. The maximum Gasteiger partial charge on any atom is 0.257 e. The zero-order valence-electron chi connectivity index (χ0n) is 17.1. The Morgan fingerprint density at radius 2 is 1.37 bits per heavy atom. The molecule has 0 aliphatic carbocycles. The number of hydrogen-bond donors (Lipinski definition) is 0. The van der Waals surface area contributed by atoms with Crippen molar-refractivity contribution >= 4 is 22.6 Å². The van der Waals surface area contributed by atoms with Crippen molar-refractivity contribution in [1.29, 1.82) is 0 Å². The minimum Gasteiger partial charge on any atom is -0.497 e. The number of carbonyl (C=O) groups excluding carboxylic acids is 2. The Balaban J connectivity index is 1.47. The van der Waals surface area contributed by atoms with Gasteiger partial charge in [0.25, 0.3) is 11.8 Å². The summed E-state index contributed by atoms with van der Waals surface area (Å²) in [6, 6.07) is 18.8. The molecule has 1 aliphatic heterocycles. The normalized spacial score (nSPS) is 13.9. The van der Waals surface area contributed by atoms with Crippen molar-refractivity contribution in [2.45, 2.75) is 0 Å². The Hall–Kier alpha value is -3.54. The molecule has 1 heterocycles. The van der Waals surface area contributed by atoms with Crippen LogP contribution in [-0.2, 0) is 0 Å². The maximum absolute atomic E-state index is 13.1. The number of rotatable bonds is 4. The third-order valence-electron chi connectivity index (χ3n) is 5.51. The van der Waals surface area contributed by atoms with Crippen molar-refractivity contribution in [2.75, 3.05) is 40.4 Å². The summed E-state index contributed by atoms with van der Waals surface area (Å²) >= 11 is 0. The van der Waals surface area contributed by atoms with Gasteiger partial charge in [0.2, 0.25) is 0 Å². The Morgan fingerprint density at radius 3 is 2.03 bits per heavy atom. The van der Waals surface area contributed by atoms with Gasteiger partial charge in [-0.05, 0) is 29.0 Å². The predicted molar refractivity (Wildman–Crippen MR) is 115 cm³/mol. The molecule has 6 heteroatoms. The molecule has 6 nitrogen and oxygen atoms in total. The molecule has 4 rings (SSSR count). The van der Waals surface area contributed by atoms with Crippen molar-refractivity contribution in [3.63, 3.8) is 0 Å². The average Bonchev–Trinajstić information content (AvgIpc) is 2.82. The summed E-state index contributed by atoms with van der Waals surface area (Å²) < 4.78 is 10.6. The van der Waals surface area contributed by atoms with Crippen molar-refractivity contribution in [1.82, 2.24) is 9.80 Å². The molecule has 3 aromatic carbocycles. The Labute approximate surface area is 175 Å². The van der Waals surface area contributed by atoms with Gasteiger partial charge >= 0.3 is 0 Å². The van der Waals surface area contributed by atoms with Gasteiger partial charge in [-0.25, -0.2) is 0 Å². The Bertz CT molecular complexity index is 1080. The fourth-order valence-electron chi connectivity index (χ4n) is 3.84. The number of carbonyl (C=O) groups is 2. The smallest absolute Gasteiger partial charge is 0.257 e. The predicted octanol–water partition coefficient (Wildman–Crippen LogP) is 3.46. The largest absolute Gasteiger partial charge is 0.497 e. The van der Waals surface area contributed by atoms with E-state index >= 15 is 0 Å². The first-order valence-electron chi connectivity index (χ1n) is 9.90. The second kappa shape index (κ2) is 8.45. The summed E-state index contributed by atoms with van der Waals surface area (Å²) in [5, 5.41) is 2.00. The van der Waals surface area contributed by atoms with Gasteiger partial charge in [0, 0.05) is 37.8 Å². The summed E-state index contributed by atoms with van der Waals surface area (Å²) in [7, 11) is 3.11. The topological polar surface area (TPSA) is 59.1 Å². The first-order chi connectivity index (χ1) is 14.6. The molecule has 0 radical (unpaired) electrons. The molecule has 0 spiro atoms. The quantitative estimate of drug-likeness (QED) is 0.668. The third-order valence-corrected chi connectivity index (χ3v) is 5.51. The molecule has 1 aliphatic rings. The molecule has 0 aromatic heterocycles. The van der Waals surface area contributed by atoms with E-state index in [0.29, 0.717) is 48.8 Å². The molecule has 1 fully saturated rings. The van der Waals surface area contributed by atoms with Crippen LogP contribution in [0.2, 0.25) is 0 Å². The summed E-state index contributed by atoms with van der Waals surface area (Å²) in [5.41, 5.74) is 1.19. The first-order valence-corrected chi connectivity index (χ1v) is 9.90. The molecule has 1 saturated heterocycles. The summed E-state index contributed by atoms with van der Waals surface area (Å²) in [6.07, 6.45) is 0. The van der Waals surface area contributed by atoms with Crippen molar-refractivity contribution in [2.24, 2.45) is 0 Å². The van der Waals surface area contributed by atoms with Crippen molar-refractivity contribution in [3.8, 4) is 11.5 Å². The van der Waals surface area contributed by atoms with Crippen LogP contribution >= 0.6 is 0 Å². The summed E-state index contributed by atoms with van der Waals surface area (Å²) in [5.74, 6) is 1.01. The number of amides is 2. The number of nitrogens with zero attached hydrogens (tertiary/aromatic N) is 2. The molecular weight excluding hydrogens is 380 g/mol. The van der Waals surface area contributed by atoms with Crippen LogP contribution in [0.3, 0.4) is 0 Å². The lowest BCUT2D eigenvalue weighted by atomic mass is 10.0. The molecular formula is C24H24N2O4. The van der Waals surface area contributed by atoms with E-state index in [-0.39, 0.29) is 11.8 Å². The van der Waals surface area contributed by atoms with Gasteiger partial charge in [0.05, 0.1) is 19.8 Å². The molecule has 0 bridgehead atoms. The highest BCUT2D eigenvalue weighted by Crippen LogP contribution is 2.26. The van der Waals surface area contributed by atoms with E-state index in [1.807, 2.05) is 47.4 Å². The van der Waals surface area contributed by atoms with Gasteiger partial charge in [0.1, 0.15) is 11.5 Å². The Kier molecular flexibility index (Phi) is 5.57. The standard InChI is InChI=1S/C24H24N2O4/c1-29-18-10-11-21(22(16-18)30-2)24(28)26-14-12-25(13-15-26)23(27)20-9-5-7-17-6-3-4-8-19(17)20/h3-11,16H,12-15H2,1-2H3. The molecule has 30 heavy (non-hydrogen) atoms. The number of methoxy groups -OCH3 is 2. The van der Waals surface area contributed by atoms with Crippen LogP contribution in [-0.4, -0.2) is 62.0 Å². The van der Waals surface area contributed by atoms with Gasteiger partial charge in [0.15, 0.2) is 0 Å². The second-order valence-electron chi connectivity index (χ2n) is 7.18.